The molecule has 1 atom stereocenters. The Bertz CT molecular complexity index is 178. The van der Waals surface area contributed by atoms with E-state index in [9.17, 15) is 4.79 Å². The zero-order chi connectivity index (χ0) is 11.3. The molecule has 0 aliphatic heterocycles. The van der Waals surface area contributed by atoms with Gasteiger partial charge < -0.3 is 10.6 Å². The number of hydrogen-bond donors (Lipinski definition) is 1. The van der Waals surface area contributed by atoms with Crippen LogP contribution in [-0.2, 0) is 4.79 Å². The molecule has 2 N–H and O–H groups in total. The number of amides is 1. The highest BCUT2D eigenvalue weighted by molar-refractivity contribution is 5.81. The molecule has 0 aromatic carbocycles. The Hall–Kier alpha value is -0.570. The van der Waals surface area contributed by atoms with E-state index in [1.807, 2.05) is 25.7 Å². The van der Waals surface area contributed by atoms with Crippen LogP contribution < -0.4 is 5.73 Å². The predicted octanol–water partition coefficient (Wildman–Crippen LogP) is 1.47. The number of rotatable bonds is 5. The fourth-order valence-corrected chi connectivity index (χ4v) is 1.31. The van der Waals surface area contributed by atoms with E-state index >= 15 is 0 Å². The number of carbonyl (C=O) groups is 1. The van der Waals surface area contributed by atoms with Crippen molar-refractivity contribution in [3.05, 3.63) is 0 Å². The summed E-state index contributed by atoms with van der Waals surface area (Å²) in [4.78, 5) is 13.7. The number of likely N-dealkylation sites (N-methyl/N-ethyl adjacent to an activating group) is 1. The summed E-state index contributed by atoms with van der Waals surface area (Å²) in [6, 6.07) is -0.353. The highest BCUT2D eigenvalue weighted by Crippen LogP contribution is 2.06. The monoisotopic (exact) mass is 200 g/mol. The van der Waals surface area contributed by atoms with E-state index in [-0.39, 0.29) is 17.9 Å². The highest BCUT2D eigenvalue weighted by Gasteiger charge is 2.22. The van der Waals surface area contributed by atoms with E-state index in [2.05, 4.69) is 13.8 Å². The number of nitrogens with zero attached hydrogens (tertiary/aromatic N) is 1. The summed E-state index contributed by atoms with van der Waals surface area (Å²) < 4.78 is 0. The highest BCUT2D eigenvalue weighted by atomic mass is 16.2. The van der Waals surface area contributed by atoms with Crippen LogP contribution in [0.15, 0.2) is 0 Å². The Labute approximate surface area is 87.6 Å². The molecule has 0 aromatic rings. The molecule has 0 saturated heterocycles. The zero-order valence-corrected chi connectivity index (χ0v) is 10.1. The van der Waals surface area contributed by atoms with Crippen molar-refractivity contribution < 1.29 is 4.79 Å². The first-order chi connectivity index (χ1) is 6.40. The van der Waals surface area contributed by atoms with Crippen LogP contribution in [0.5, 0.6) is 0 Å². The van der Waals surface area contributed by atoms with Crippen LogP contribution in [0.25, 0.3) is 0 Å². The van der Waals surface area contributed by atoms with Gasteiger partial charge in [0.15, 0.2) is 0 Å². The van der Waals surface area contributed by atoms with Gasteiger partial charge >= 0.3 is 0 Å². The normalized spacial score (nSPS) is 13.4. The molecule has 3 nitrogen and oxygen atoms in total. The predicted molar refractivity (Wildman–Crippen MR) is 59.9 cm³/mol. The molecule has 0 fully saturated rings. The standard InChI is InChI=1S/C11H24N2O/c1-6-13(7-8(2)3)11(14)10(12)9(4)5/h8-10H,6-7,12H2,1-5H3/t10-/m1/s1. The van der Waals surface area contributed by atoms with Crippen LogP contribution in [0, 0.1) is 11.8 Å². The summed E-state index contributed by atoms with van der Waals surface area (Å²) >= 11 is 0. The molecule has 0 aliphatic rings. The van der Waals surface area contributed by atoms with E-state index in [1.54, 1.807) is 0 Å². The molecule has 0 spiro atoms. The average molecular weight is 200 g/mol. The van der Waals surface area contributed by atoms with Gasteiger partial charge in [-0.1, -0.05) is 27.7 Å². The molecule has 0 heterocycles. The SMILES string of the molecule is CCN(CC(C)C)C(=O)[C@H](N)C(C)C. The maximum absolute atomic E-state index is 11.9. The Balaban J connectivity index is 4.30. The number of nitrogens with two attached hydrogens (primary N) is 1. The molecule has 0 bridgehead atoms. The molecule has 14 heavy (non-hydrogen) atoms. The maximum Gasteiger partial charge on any atom is 0.239 e. The van der Waals surface area contributed by atoms with Crippen LogP contribution >= 0.6 is 0 Å². The van der Waals surface area contributed by atoms with Crippen molar-refractivity contribution in [2.45, 2.75) is 40.7 Å². The Morgan fingerprint density at radius 2 is 1.79 bits per heavy atom. The van der Waals surface area contributed by atoms with Crippen molar-refractivity contribution in [3.8, 4) is 0 Å². The third-order valence-corrected chi connectivity index (χ3v) is 2.28. The molecule has 0 rings (SSSR count). The summed E-state index contributed by atoms with van der Waals surface area (Å²) in [5.74, 6) is 0.790. The van der Waals surface area contributed by atoms with Crippen molar-refractivity contribution in [1.82, 2.24) is 4.90 Å². The van der Waals surface area contributed by atoms with Gasteiger partial charge in [0.05, 0.1) is 6.04 Å². The summed E-state index contributed by atoms with van der Waals surface area (Å²) in [5, 5.41) is 0. The van der Waals surface area contributed by atoms with Crippen LogP contribution in [0.4, 0.5) is 0 Å². The van der Waals surface area contributed by atoms with Gasteiger partial charge in [-0.15, -0.1) is 0 Å². The van der Waals surface area contributed by atoms with Gasteiger partial charge in [-0.25, -0.2) is 0 Å². The Kier molecular flexibility index (Phi) is 5.77. The first-order valence-electron chi connectivity index (χ1n) is 5.44. The first kappa shape index (κ1) is 13.4. The Morgan fingerprint density at radius 3 is 2.07 bits per heavy atom. The molecule has 0 saturated carbocycles. The van der Waals surface area contributed by atoms with Gasteiger partial charge in [-0.2, -0.15) is 0 Å². The summed E-state index contributed by atoms with van der Waals surface area (Å²) in [6.07, 6.45) is 0. The minimum Gasteiger partial charge on any atom is -0.341 e. The molecule has 3 heteroatoms. The Morgan fingerprint density at radius 1 is 1.29 bits per heavy atom. The van der Waals surface area contributed by atoms with Crippen molar-refractivity contribution in [1.29, 1.82) is 0 Å². The van der Waals surface area contributed by atoms with Crippen LogP contribution in [0.3, 0.4) is 0 Å². The topological polar surface area (TPSA) is 46.3 Å². The molecule has 0 aromatic heterocycles. The number of hydrogen-bond acceptors (Lipinski definition) is 2. The lowest BCUT2D eigenvalue weighted by atomic mass is 10.0. The van der Waals surface area contributed by atoms with Gasteiger partial charge in [-0.3, -0.25) is 4.79 Å². The lowest BCUT2D eigenvalue weighted by Crippen LogP contribution is -2.47. The van der Waals surface area contributed by atoms with Gasteiger partial charge in [0.1, 0.15) is 0 Å². The lowest BCUT2D eigenvalue weighted by molar-refractivity contribution is -0.133. The quantitative estimate of drug-likeness (QED) is 0.730. The van der Waals surface area contributed by atoms with E-state index < -0.39 is 0 Å². The van der Waals surface area contributed by atoms with Crippen LogP contribution in [0.2, 0.25) is 0 Å². The second-order valence-corrected chi connectivity index (χ2v) is 4.54. The molecular formula is C11H24N2O. The van der Waals surface area contributed by atoms with Gasteiger partial charge in [0.25, 0.3) is 0 Å². The minimum absolute atomic E-state index is 0.0798. The van der Waals surface area contributed by atoms with Crippen molar-refractivity contribution in [3.63, 3.8) is 0 Å². The molecular weight excluding hydrogens is 176 g/mol. The van der Waals surface area contributed by atoms with Crippen LogP contribution in [-0.4, -0.2) is 29.9 Å². The van der Waals surface area contributed by atoms with E-state index in [0.29, 0.717) is 5.92 Å². The molecule has 0 unspecified atom stereocenters. The van der Waals surface area contributed by atoms with E-state index in [1.165, 1.54) is 0 Å². The second-order valence-electron chi connectivity index (χ2n) is 4.54. The maximum atomic E-state index is 11.9. The molecule has 1 amide bonds. The summed E-state index contributed by atoms with van der Waals surface area (Å²) in [5.41, 5.74) is 5.82. The smallest absolute Gasteiger partial charge is 0.239 e. The molecule has 84 valence electrons. The van der Waals surface area contributed by atoms with E-state index in [4.69, 9.17) is 5.73 Å². The van der Waals surface area contributed by atoms with Crippen molar-refractivity contribution >= 4 is 5.91 Å². The van der Waals surface area contributed by atoms with E-state index in [0.717, 1.165) is 13.1 Å². The molecule has 0 radical (unpaired) electrons. The average Bonchev–Trinajstić information content (AvgIpc) is 2.11. The summed E-state index contributed by atoms with van der Waals surface area (Å²) in [7, 11) is 0. The molecule has 0 aliphatic carbocycles. The van der Waals surface area contributed by atoms with Crippen molar-refractivity contribution in [2.75, 3.05) is 13.1 Å². The summed E-state index contributed by atoms with van der Waals surface area (Å²) in [6.45, 7) is 11.7. The minimum atomic E-state index is -0.353. The van der Waals surface area contributed by atoms with Gasteiger partial charge in [0.2, 0.25) is 5.91 Å². The lowest BCUT2D eigenvalue weighted by Gasteiger charge is -2.27. The van der Waals surface area contributed by atoms with Crippen molar-refractivity contribution in [2.24, 2.45) is 17.6 Å². The van der Waals surface area contributed by atoms with Gasteiger partial charge in [0, 0.05) is 13.1 Å². The second kappa shape index (κ2) is 6.02. The first-order valence-corrected chi connectivity index (χ1v) is 5.44. The third-order valence-electron chi connectivity index (χ3n) is 2.28. The van der Waals surface area contributed by atoms with Crippen LogP contribution in [0.1, 0.15) is 34.6 Å². The third kappa shape index (κ3) is 4.09. The largest absolute Gasteiger partial charge is 0.341 e. The zero-order valence-electron chi connectivity index (χ0n) is 10.1. The fraction of sp³-hybridized carbons (Fsp3) is 0.909. The fourth-order valence-electron chi connectivity index (χ4n) is 1.31. The van der Waals surface area contributed by atoms with Gasteiger partial charge in [-0.05, 0) is 18.8 Å². The number of carbonyl (C=O) groups excluding carboxylic acids is 1.